The number of halogens is 2. The van der Waals surface area contributed by atoms with Crippen molar-refractivity contribution in [2.45, 2.75) is 17.7 Å². The van der Waals surface area contributed by atoms with Gasteiger partial charge in [-0.2, -0.15) is 0 Å². The molecule has 0 radical (unpaired) electrons. The van der Waals surface area contributed by atoms with Gasteiger partial charge < -0.3 is 10.2 Å². The molecule has 0 heterocycles. The third kappa shape index (κ3) is 6.20. The monoisotopic (exact) mass is 363 g/mol. The van der Waals surface area contributed by atoms with Crippen LogP contribution < -0.4 is 10.0 Å². The van der Waals surface area contributed by atoms with E-state index in [2.05, 4.69) is 10.0 Å². The quantitative estimate of drug-likeness (QED) is 0.646. The second-order valence-corrected chi connectivity index (χ2v) is 6.88. The van der Waals surface area contributed by atoms with Crippen LogP contribution in [0, 0.1) is 11.6 Å². The predicted octanol–water partition coefficient (Wildman–Crippen LogP) is 0.228. The maximum atomic E-state index is 13.5. The van der Waals surface area contributed by atoms with Gasteiger partial charge in [-0.3, -0.25) is 9.59 Å². The Morgan fingerprint density at radius 3 is 2.46 bits per heavy atom. The van der Waals surface area contributed by atoms with Crippen LogP contribution in [0.2, 0.25) is 0 Å². The van der Waals surface area contributed by atoms with Gasteiger partial charge in [0.1, 0.15) is 16.5 Å². The van der Waals surface area contributed by atoms with Crippen molar-refractivity contribution in [3.63, 3.8) is 0 Å². The average Bonchev–Trinajstić information content (AvgIpc) is 2.48. The number of carbonyl (C=O) groups is 2. The van der Waals surface area contributed by atoms with Crippen molar-refractivity contribution >= 4 is 21.8 Å². The first kappa shape index (κ1) is 20.0. The summed E-state index contributed by atoms with van der Waals surface area (Å²) >= 11 is 0. The van der Waals surface area contributed by atoms with Crippen LogP contribution in [0.3, 0.4) is 0 Å². The molecular weight excluding hydrogens is 344 g/mol. The summed E-state index contributed by atoms with van der Waals surface area (Å²) in [5, 5.41) is 2.40. The van der Waals surface area contributed by atoms with Crippen molar-refractivity contribution in [2.24, 2.45) is 0 Å². The summed E-state index contributed by atoms with van der Waals surface area (Å²) in [5.74, 6) is -2.74. The van der Waals surface area contributed by atoms with E-state index < -0.39 is 32.5 Å². The van der Waals surface area contributed by atoms with E-state index in [1.807, 2.05) is 0 Å². The minimum Gasteiger partial charge on any atom is -0.347 e. The Labute approximate surface area is 139 Å². The van der Waals surface area contributed by atoms with Gasteiger partial charge in [-0.15, -0.1) is 0 Å². The summed E-state index contributed by atoms with van der Waals surface area (Å²) in [4.78, 5) is 23.4. The molecule has 2 amide bonds. The van der Waals surface area contributed by atoms with Crippen molar-refractivity contribution < 1.29 is 26.8 Å². The van der Waals surface area contributed by atoms with Gasteiger partial charge in [-0.05, 0) is 18.6 Å². The molecule has 0 aliphatic carbocycles. The number of rotatable bonds is 8. The van der Waals surface area contributed by atoms with E-state index in [-0.39, 0.29) is 31.8 Å². The molecule has 7 nitrogen and oxygen atoms in total. The van der Waals surface area contributed by atoms with Crippen LogP contribution in [-0.2, 0) is 19.6 Å². The lowest BCUT2D eigenvalue weighted by molar-refractivity contribution is -0.130. The van der Waals surface area contributed by atoms with E-state index in [9.17, 15) is 26.8 Å². The number of hydrogen-bond acceptors (Lipinski definition) is 4. The highest BCUT2D eigenvalue weighted by Crippen LogP contribution is 2.15. The van der Waals surface area contributed by atoms with Crippen LogP contribution in [0.1, 0.15) is 12.8 Å². The Morgan fingerprint density at radius 2 is 1.88 bits per heavy atom. The largest absolute Gasteiger partial charge is 0.347 e. The van der Waals surface area contributed by atoms with Crippen molar-refractivity contribution in [1.82, 2.24) is 14.9 Å². The fraction of sp³-hybridized carbons (Fsp3) is 0.429. The van der Waals surface area contributed by atoms with Crippen LogP contribution in [0.25, 0.3) is 0 Å². The number of nitrogens with zero attached hydrogens (tertiary/aromatic N) is 1. The van der Waals surface area contributed by atoms with Gasteiger partial charge >= 0.3 is 0 Å². The van der Waals surface area contributed by atoms with Crippen LogP contribution in [0.15, 0.2) is 23.1 Å². The lowest BCUT2D eigenvalue weighted by Crippen LogP contribution is -2.36. The van der Waals surface area contributed by atoms with E-state index in [0.717, 1.165) is 12.1 Å². The van der Waals surface area contributed by atoms with Crippen LogP contribution in [0.4, 0.5) is 8.78 Å². The summed E-state index contributed by atoms with van der Waals surface area (Å²) in [7, 11) is -1.02. The minimum absolute atomic E-state index is 0.00483. The Balaban J connectivity index is 2.41. The number of nitrogens with one attached hydrogen (secondary N) is 2. The van der Waals surface area contributed by atoms with E-state index in [1.165, 1.54) is 4.90 Å². The van der Waals surface area contributed by atoms with Crippen molar-refractivity contribution in [2.75, 3.05) is 27.2 Å². The van der Waals surface area contributed by atoms with E-state index in [1.54, 1.807) is 14.1 Å². The van der Waals surface area contributed by atoms with Gasteiger partial charge in [0, 0.05) is 33.1 Å². The molecule has 0 atom stereocenters. The fourth-order valence-corrected chi connectivity index (χ4v) is 2.78. The molecule has 134 valence electrons. The maximum absolute atomic E-state index is 13.5. The number of sulfonamides is 1. The SMILES string of the molecule is CN(C)C(=O)CNC(=O)CCCNS(=O)(=O)c1ccc(F)cc1F. The van der Waals surface area contributed by atoms with Gasteiger partial charge in [-0.25, -0.2) is 21.9 Å². The molecule has 0 aliphatic heterocycles. The molecule has 1 rings (SSSR count). The van der Waals surface area contributed by atoms with E-state index >= 15 is 0 Å². The first-order valence-corrected chi connectivity index (χ1v) is 8.53. The van der Waals surface area contributed by atoms with E-state index in [4.69, 9.17) is 0 Å². The van der Waals surface area contributed by atoms with Gasteiger partial charge in [-0.1, -0.05) is 0 Å². The first-order chi connectivity index (χ1) is 11.1. The molecule has 10 heteroatoms. The van der Waals surface area contributed by atoms with Gasteiger partial charge in [0.25, 0.3) is 0 Å². The molecule has 0 fully saturated rings. The summed E-state index contributed by atoms with van der Waals surface area (Å²) in [6.45, 7) is -0.244. The second-order valence-electron chi connectivity index (χ2n) is 5.14. The number of hydrogen-bond donors (Lipinski definition) is 2. The summed E-state index contributed by atoms with van der Waals surface area (Å²) in [6.07, 6.45) is 0.152. The van der Waals surface area contributed by atoms with Crippen LogP contribution in [-0.4, -0.2) is 52.3 Å². The predicted molar refractivity (Wildman–Crippen MR) is 82.5 cm³/mol. The molecular formula is C14H19F2N3O4S. The standard InChI is InChI=1S/C14H19F2N3O4S/c1-19(2)14(21)9-17-13(20)4-3-7-18-24(22,23)12-6-5-10(15)8-11(12)16/h5-6,8,18H,3-4,7,9H2,1-2H3,(H,17,20). The third-order valence-electron chi connectivity index (χ3n) is 2.99. The fourth-order valence-electron chi connectivity index (χ4n) is 1.65. The molecule has 24 heavy (non-hydrogen) atoms. The molecule has 0 unspecified atom stereocenters. The lowest BCUT2D eigenvalue weighted by Gasteiger charge is -2.11. The van der Waals surface area contributed by atoms with Crippen molar-refractivity contribution in [3.05, 3.63) is 29.8 Å². The smallest absolute Gasteiger partial charge is 0.243 e. The number of carbonyl (C=O) groups excluding carboxylic acids is 2. The molecule has 0 spiro atoms. The minimum atomic E-state index is -4.13. The maximum Gasteiger partial charge on any atom is 0.243 e. The van der Waals surface area contributed by atoms with Crippen LogP contribution >= 0.6 is 0 Å². The van der Waals surface area contributed by atoms with Crippen LogP contribution in [0.5, 0.6) is 0 Å². The zero-order valence-corrected chi connectivity index (χ0v) is 14.1. The average molecular weight is 363 g/mol. The Morgan fingerprint density at radius 1 is 1.21 bits per heavy atom. The topological polar surface area (TPSA) is 95.6 Å². The zero-order chi connectivity index (χ0) is 18.3. The second kappa shape index (κ2) is 8.69. The Hall–Kier alpha value is -2.07. The van der Waals surface area contributed by atoms with Gasteiger partial charge in [0.2, 0.25) is 21.8 Å². The molecule has 2 N–H and O–H groups in total. The highest BCUT2D eigenvalue weighted by atomic mass is 32.2. The zero-order valence-electron chi connectivity index (χ0n) is 13.3. The Kier molecular flexibility index (Phi) is 7.23. The first-order valence-electron chi connectivity index (χ1n) is 7.05. The van der Waals surface area contributed by atoms with Crippen molar-refractivity contribution in [1.29, 1.82) is 0 Å². The van der Waals surface area contributed by atoms with Gasteiger partial charge in [0.05, 0.1) is 6.54 Å². The highest BCUT2D eigenvalue weighted by molar-refractivity contribution is 7.89. The molecule has 0 saturated carbocycles. The summed E-state index contributed by atoms with van der Waals surface area (Å²) in [5.41, 5.74) is 0. The Bertz CT molecular complexity index is 708. The molecule has 1 aromatic carbocycles. The molecule has 0 saturated heterocycles. The molecule has 0 aromatic heterocycles. The molecule has 1 aromatic rings. The molecule has 0 bridgehead atoms. The summed E-state index contributed by atoms with van der Waals surface area (Å²) < 4.78 is 52.1. The molecule has 0 aliphatic rings. The van der Waals surface area contributed by atoms with Gasteiger partial charge in [0.15, 0.2) is 0 Å². The third-order valence-corrected chi connectivity index (χ3v) is 4.49. The number of likely N-dealkylation sites (N-methyl/N-ethyl adjacent to an activating group) is 1. The normalized spacial score (nSPS) is 11.2. The van der Waals surface area contributed by atoms with Crippen molar-refractivity contribution in [3.8, 4) is 0 Å². The number of amides is 2. The number of benzene rings is 1. The highest BCUT2D eigenvalue weighted by Gasteiger charge is 2.19. The lowest BCUT2D eigenvalue weighted by atomic mass is 10.3. The van der Waals surface area contributed by atoms with E-state index in [0.29, 0.717) is 6.07 Å². The summed E-state index contributed by atoms with van der Waals surface area (Å²) in [6, 6.07) is 2.14.